The van der Waals surface area contributed by atoms with E-state index in [0.29, 0.717) is 13.2 Å². The summed E-state index contributed by atoms with van der Waals surface area (Å²) in [5.41, 5.74) is -1.92. The lowest BCUT2D eigenvalue weighted by molar-refractivity contribution is -0.235. The number of amides is 2. The number of aliphatic carboxylic acids is 1. The van der Waals surface area contributed by atoms with Crippen LogP contribution in [0.1, 0.15) is 40.5 Å². The number of rotatable bonds is 17. The van der Waals surface area contributed by atoms with Gasteiger partial charge in [-0.3, -0.25) is 4.79 Å². The Balaban J connectivity index is 2.96. The van der Waals surface area contributed by atoms with E-state index in [4.69, 9.17) is 18.9 Å². The van der Waals surface area contributed by atoms with Crippen molar-refractivity contribution >= 4 is 18.0 Å². The van der Waals surface area contributed by atoms with Crippen LogP contribution in [0.4, 0.5) is 4.79 Å². The van der Waals surface area contributed by atoms with Gasteiger partial charge in [0.05, 0.1) is 38.6 Å². The van der Waals surface area contributed by atoms with Crippen LogP contribution in [0.25, 0.3) is 0 Å². The maximum Gasteiger partial charge on any atom is 0.407 e. The third kappa shape index (κ3) is 10.8. The molecule has 0 saturated carbocycles. The molecule has 0 aromatic carbocycles. The minimum Gasteiger partial charge on any atom is -0.479 e. The smallest absolute Gasteiger partial charge is 0.407 e. The quantitative estimate of drug-likeness (QED) is 0.104. The number of carboxylic acid groups (broad SMARTS) is 1. The van der Waals surface area contributed by atoms with E-state index in [-0.39, 0.29) is 37.4 Å². The number of alkyl carbamates (subject to hydrolysis) is 1. The number of ether oxygens (including phenoxy) is 4. The van der Waals surface area contributed by atoms with Crippen LogP contribution < -0.4 is 10.6 Å². The van der Waals surface area contributed by atoms with E-state index in [0.717, 1.165) is 0 Å². The van der Waals surface area contributed by atoms with Crippen LogP contribution in [0.2, 0.25) is 0 Å². The van der Waals surface area contributed by atoms with Gasteiger partial charge >= 0.3 is 12.1 Å². The van der Waals surface area contributed by atoms with Crippen LogP contribution in [0.15, 0.2) is 0 Å². The molecule has 2 amide bonds. The number of aliphatic hydroxyl groups is 4. The topological polar surface area (TPSA) is 213 Å². The van der Waals surface area contributed by atoms with Crippen molar-refractivity contribution in [3.05, 3.63) is 0 Å². The Morgan fingerprint density at radius 2 is 1.67 bits per heavy atom. The highest BCUT2D eigenvalue weighted by molar-refractivity contribution is 5.82. The maximum atomic E-state index is 12.6. The van der Waals surface area contributed by atoms with Gasteiger partial charge in [-0.15, -0.1) is 0 Å². The number of methoxy groups -OCH3 is 1. The summed E-state index contributed by atoms with van der Waals surface area (Å²) in [7, 11) is 1.52. The first-order chi connectivity index (χ1) is 18.3. The van der Waals surface area contributed by atoms with Crippen molar-refractivity contribution in [2.45, 2.75) is 76.6 Å². The number of carboxylic acids is 1. The molecule has 14 heteroatoms. The van der Waals surface area contributed by atoms with Gasteiger partial charge in [0.25, 0.3) is 0 Å². The molecule has 1 fully saturated rings. The molecule has 1 saturated heterocycles. The van der Waals surface area contributed by atoms with Gasteiger partial charge in [0, 0.05) is 13.5 Å². The molecule has 1 rings (SSSR count). The number of carbonyl (C=O) groups is 3. The number of hydrogen-bond donors (Lipinski definition) is 7. The van der Waals surface area contributed by atoms with Crippen molar-refractivity contribution < 1.29 is 58.9 Å². The van der Waals surface area contributed by atoms with E-state index in [1.54, 1.807) is 0 Å². The fourth-order valence-corrected chi connectivity index (χ4v) is 4.71. The van der Waals surface area contributed by atoms with Crippen molar-refractivity contribution in [2.24, 2.45) is 17.8 Å². The van der Waals surface area contributed by atoms with Gasteiger partial charge in [-0.05, 0) is 24.2 Å². The number of aliphatic hydroxyl groups excluding tert-OH is 4. The van der Waals surface area contributed by atoms with Crippen molar-refractivity contribution in [3.63, 3.8) is 0 Å². The number of carbonyl (C=O) groups excluding carboxylic acids is 2. The molecule has 1 aliphatic rings. The van der Waals surface area contributed by atoms with Crippen molar-refractivity contribution in [1.29, 1.82) is 0 Å². The zero-order valence-corrected chi connectivity index (χ0v) is 23.4. The average Bonchev–Trinajstić information content (AvgIpc) is 2.87. The van der Waals surface area contributed by atoms with E-state index < -0.39 is 73.6 Å². The second-order valence-corrected chi connectivity index (χ2v) is 10.4. The fourth-order valence-electron chi connectivity index (χ4n) is 4.71. The molecule has 1 aliphatic heterocycles. The lowest BCUT2D eigenvalue weighted by Gasteiger charge is -2.48. The third-order valence-corrected chi connectivity index (χ3v) is 6.87. The first-order valence-corrected chi connectivity index (χ1v) is 13.1. The minimum atomic E-state index is -1.92. The summed E-state index contributed by atoms with van der Waals surface area (Å²) in [5, 5.41) is 56.0. The van der Waals surface area contributed by atoms with E-state index in [1.165, 1.54) is 7.11 Å². The Morgan fingerprint density at radius 3 is 2.21 bits per heavy atom. The molecule has 0 aromatic rings. The minimum absolute atomic E-state index is 0.0103. The van der Waals surface area contributed by atoms with Gasteiger partial charge in [0.2, 0.25) is 5.91 Å². The lowest BCUT2D eigenvalue weighted by Crippen LogP contribution is -2.68. The van der Waals surface area contributed by atoms with Crippen LogP contribution in [-0.2, 0) is 28.5 Å². The first kappa shape index (κ1) is 35.0. The second-order valence-electron chi connectivity index (χ2n) is 10.4. The zero-order chi connectivity index (χ0) is 29.8. The molecule has 6 atom stereocenters. The van der Waals surface area contributed by atoms with Gasteiger partial charge in [-0.1, -0.05) is 27.7 Å². The maximum absolute atomic E-state index is 12.6. The molecule has 14 nitrogen and oxygen atoms in total. The summed E-state index contributed by atoms with van der Waals surface area (Å²) in [6, 6.07) is -1.36. The van der Waals surface area contributed by atoms with E-state index in [9.17, 15) is 39.9 Å². The Kier molecular flexibility index (Phi) is 15.1. The van der Waals surface area contributed by atoms with Crippen molar-refractivity contribution in [2.75, 3.05) is 46.7 Å². The molecule has 39 heavy (non-hydrogen) atoms. The molecule has 6 unspecified atom stereocenters. The Morgan fingerprint density at radius 1 is 1.05 bits per heavy atom. The molecule has 0 bridgehead atoms. The Bertz CT molecular complexity index is 759. The molecule has 0 radical (unpaired) electrons. The van der Waals surface area contributed by atoms with Crippen molar-refractivity contribution in [3.8, 4) is 0 Å². The number of nitrogens with one attached hydrogen (secondary N) is 2. The highest BCUT2D eigenvalue weighted by Crippen LogP contribution is 2.40. The monoisotopic (exact) mass is 566 g/mol. The normalized spacial score (nSPS) is 25.0. The predicted molar refractivity (Wildman–Crippen MR) is 137 cm³/mol. The lowest BCUT2D eigenvalue weighted by atomic mass is 9.73. The summed E-state index contributed by atoms with van der Waals surface area (Å²) in [4.78, 5) is 36.9. The molecular formula is C25H46N2O12. The summed E-state index contributed by atoms with van der Waals surface area (Å²) in [5.74, 6) is -2.12. The highest BCUT2D eigenvalue weighted by atomic mass is 16.6. The second kappa shape index (κ2) is 16.9. The standard InChI is InChI=1S/C25H46N2O12/c1-14(2)16(15(3)4)10-25(23(33)34)11-17(29)20(22(39-25)21(32)18(30)13-28)27-19(31)12-26-24(35)38-9-8-37-7-6-36-5/h14-18,20-22,28-30,32H,6-13H2,1-5H3,(H,26,35)(H,27,31)(H,33,34). The summed E-state index contributed by atoms with van der Waals surface area (Å²) in [6.07, 6.45) is -7.96. The predicted octanol–water partition coefficient (Wildman–Crippen LogP) is -1.13. The molecule has 228 valence electrons. The Hall–Kier alpha value is -2.07. The van der Waals surface area contributed by atoms with Crippen LogP contribution in [0, 0.1) is 17.8 Å². The largest absolute Gasteiger partial charge is 0.479 e. The summed E-state index contributed by atoms with van der Waals surface area (Å²) >= 11 is 0. The van der Waals surface area contributed by atoms with E-state index in [2.05, 4.69) is 10.6 Å². The third-order valence-electron chi connectivity index (χ3n) is 6.87. The van der Waals surface area contributed by atoms with Gasteiger partial charge in [0.15, 0.2) is 5.60 Å². The fraction of sp³-hybridized carbons (Fsp3) is 0.880. The molecule has 0 spiro atoms. The zero-order valence-electron chi connectivity index (χ0n) is 23.4. The summed E-state index contributed by atoms with van der Waals surface area (Å²) < 4.78 is 20.8. The SMILES string of the molecule is COCCOCCOC(=O)NCC(=O)NC1C(O)CC(CC(C(C)C)C(C)C)(C(=O)O)OC1C(O)C(O)CO. The van der Waals surface area contributed by atoms with Crippen LogP contribution in [0.5, 0.6) is 0 Å². The van der Waals surface area contributed by atoms with Crippen LogP contribution in [0.3, 0.4) is 0 Å². The van der Waals surface area contributed by atoms with Crippen LogP contribution in [-0.4, -0.2) is 126 Å². The van der Waals surface area contributed by atoms with Gasteiger partial charge in [-0.2, -0.15) is 0 Å². The first-order valence-electron chi connectivity index (χ1n) is 13.1. The van der Waals surface area contributed by atoms with Gasteiger partial charge in [-0.25, -0.2) is 9.59 Å². The van der Waals surface area contributed by atoms with Gasteiger partial charge < -0.3 is 55.1 Å². The van der Waals surface area contributed by atoms with E-state index in [1.807, 2.05) is 27.7 Å². The molecule has 7 N–H and O–H groups in total. The highest BCUT2D eigenvalue weighted by Gasteiger charge is 2.55. The van der Waals surface area contributed by atoms with Crippen LogP contribution >= 0.6 is 0 Å². The van der Waals surface area contributed by atoms with E-state index >= 15 is 0 Å². The Labute approximate surface area is 229 Å². The van der Waals surface area contributed by atoms with Gasteiger partial charge in [0.1, 0.15) is 31.5 Å². The number of hydrogen-bond acceptors (Lipinski definition) is 11. The molecule has 0 aromatic heterocycles. The average molecular weight is 567 g/mol. The van der Waals surface area contributed by atoms with Crippen molar-refractivity contribution in [1.82, 2.24) is 10.6 Å². The molecular weight excluding hydrogens is 520 g/mol. The molecule has 1 heterocycles. The summed E-state index contributed by atoms with van der Waals surface area (Å²) in [6.45, 7) is 7.10. The molecule has 0 aliphatic carbocycles.